The number of benzene rings is 1. The number of hydrogen-bond donors (Lipinski definition) is 1. The molecule has 3 aromatic rings. The average molecular weight is 414 g/mol. The lowest BCUT2D eigenvalue weighted by atomic mass is 9.98. The second-order valence-corrected chi connectivity index (χ2v) is 7.81. The SMILES string of the molecule is O=C(Oc1ccc(CSc2ncc[nH]2)cc1)N1CCC(COn2ccnc2)CC1. The number of aromatic nitrogens is 4. The Morgan fingerprint density at radius 3 is 2.72 bits per heavy atom. The van der Waals surface area contributed by atoms with E-state index in [-0.39, 0.29) is 6.09 Å². The number of rotatable bonds is 7. The highest BCUT2D eigenvalue weighted by molar-refractivity contribution is 7.98. The van der Waals surface area contributed by atoms with Crippen molar-refractivity contribution in [3.63, 3.8) is 0 Å². The zero-order valence-electron chi connectivity index (χ0n) is 15.9. The maximum Gasteiger partial charge on any atom is 0.415 e. The van der Waals surface area contributed by atoms with E-state index in [1.165, 1.54) is 0 Å². The summed E-state index contributed by atoms with van der Waals surface area (Å²) in [6.07, 6.45) is 10.1. The molecule has 0 aliphatic carbocycles. The molecule has 1 N–H and O–H groups in total. The Labute approximate surface area is 173 Å². The number of nitrogens with zero attached hydrogens (tertiary/aromatic N) is 4. The van der Waals surface area contributed by atoms with Gasteiger partial charge in [0.25, 0.3) is 0 Å². The van der Waals surface area contributed by atoms with Crippen LogP contribution in [-0.2, 0) is 5.75 Å². The van der Waals surface area contributed by atoms with Crippen molar-refractivity contribution in [3.05, 3.63) is 60.9 Å². The van der Waals surface area contributed by atoms with E-state index in [2.05, 4.69) is 15.0 Å². The van der Waals surface area contributed by atoms with Gasteiger partial charge < -0.3 is 19.5 Å². The minimum Gasteiger partial charge on any atom is -0.413 e. The molecular weight excluding hydrogens is 390 g/mol. The van der Waals surface area contributed by atoms with E-state index in [0.29, 0.717) is 31.4 Å². The van der Waals surface area contributed by atoms with Crippen molar-refractivity contribution >= 4 is 17.9 Å². The van der Waals surface area contributed by atoms with Gasteiger partial charge in [-0.2, -0.15) is 4.73 Å². The first-order valence-corrected chi connectivity index (χ1v) is 10.5. The van der Waals surface area contributed by atoms with E-state index < -0.39 is 0 Å². The second-order valence-electron chi connectivity index (χ2n) is 6.84. The number of imidazole rings is 2. The number of nitrogens with one attached hydrogen (secondary N) is 1. The molecule has 4 rings (SSSR count). The Kier molecular flexibility index (Phi) is 6.35. The minimum absolute atomic E-state index is 0.295. The van der Waals surface area contributed by atoms with Crippen LogP contribution in [0.2, 0.25) is 0 Å². The molecule has 2 aromatic heterocycles. The van der Waals surface area contributed by atoms with Gasteiger partial charge in [0.15, 0.2) is 5.16 Å². The van der Waals surface area contributed by atoms with Crippen molar-refractivity contribution < 1.29 is 14.4 Å². The number of carbonyl (C=O) groups is 1. The lowest BCUT2D eigenvalue weighted by Gasteiger charge is -2.30. The molecule has 8 nitrogen and oxygen atoms in total. The number of amides is 1. The molecule has 1 aromatic carbocycles. The molecule has 0 bridgehead atoms. The van der Waals surface area contributed by atoms with Gasteiger partial charge >= 0.3 is 6.09 Å². The van der Waals surface area contributed by atoms with E-state index in [1.807, 2.05) is 24.3 Å². The number of H-pyrrole nitrogens is 1. The zero-order valence-corrected chi connectivity index (χ0v) is 16.8. The molecule has 3 heterocycles. The van der Waals surface area contributed by atoms with Crippen LogP contribution >= 0.6 is 11.8 Å². The number of piperidine rings is 1. The minimum atomic E-state index is -0.295. The van der Waals surface area contributed by atoms with Crippen molar-refractivity contribution in [2.45, 2.75) is 23.8 Å². The van der Waals surface area contributed by atoms with Gasteiger partial charge in [-0.15, -0.1) is 0 Å². The molecule has 0 spiro atoms. The van der Waals surface area contributed by atoms with Gasteiger partial charge in [0.1, 0.15) is 18.7 Å². The van der Waals surface area contributed by atoms with E-state index >= 15 is 0 Å². The monoisotopic (exact) mass is 413 g/mol. The van der Waals surface area contributed by atoms with Gasteiger partial charge in [0, 0.05) is 37.4 Å². The lowest BCUT2D eigenvalue weighted by molar-refractivity contribution is 0.0541. The summed E-state index contributed by atoms with van der Waals surface area (Å²) < 4.78 is 7.14. The molecular formula is C20H23N5O3S. The topological polar surface area (TPSA) is 85.3 Å². The van der Waals surface area contributed by atoms with Crippen LogP contribution in [0.15, 0.2) is 60.5 Å². The smallest absolute Gasteiger partial charge is 0.413 e. The predicted octanol–water partition coefficient (Wildman–Crippen LogP) is 3.24. The van der Waals surface area contributed by atoms with E-state index in [1.54, 1.807) is 52.5 Å². The third-order valence-electron chi connectivity index (χ3n) is 4.79. The molecule has 1 saturated heterocycles. The third kappa shape index (κ3) is 5.54. The van der Waals surface area contributed by atoms with Crippen molar-refractivity contribution in [1.29, 1.82) is 0 Å². The number of likely N-dealkylation sites (tertiary alicyclic amines) is 1. The van der Waals surface area contributed by atoms with Gasteiger partial charge in [-0.1, -0.05) is 23.9 Å². The average Bonchev–Trinajstić information content (AvgIpc) is 3.46. The standard InChI is InChI=1S/C20H23N5O3S/c26-20(24-10-5-16(6-11-24)13-27-25-12-9-21-15-25)28-18-3-1-17(2-4-18)14-29-19-22-7-8-23-19/h1-4,7-9,12,15-16H,5-6,10-11,13-14H2,(H,22,23). The fourth-order valence-electron chi connectivity index (χ4n) is 3.10. The van der Waals surface area contributed by atoms with Crippen molar-refractivity contribution in [2.75, 3.05) is 19.7 Å². The molecule has 1 fully saturated rings. The number of ether oxygens (including phenoxy) is 1. The summed E-state index contributed by atoms with van der Waals surface area (Å²) in [6, 6.07) is 7.61. The predicted molar refractivity (Wildman–Crippen MR) is 109 cm³/mol. The molecule has 0 saturated carbocycles. The molecule has 0 unspecified atom stereocenters. The zero-order chi connectivity index (χ0) is 19.9. The molecule has 0 radical (unpaired) electrons. The van der Waals surface area contributed by atoms with E-state index in [9.17, 15) is 4.79 Å². The maximum atomic E-state index is 12.4. The van der Waals surface area contributed by atoms with Gasteiger partial charge in [0.2, 0.25) is 0 Å². The van der Waals surface area contributed by atoms with Crippen LogP contribution in [0.1, 0.15) is 18.4 Å². The third-order valence-corrected chi connectivity index (χ3v) is 5.76. The van der Waals surface area contributed by atoms with Gasteiger partial charge in [-0.05, 0) is 36.5 Å². The van der Waals surface area contributed by atoms with Crippen LogP contribution in [0.5, 0.6) is 5.75 Å². The number of hydrogen-bond acceptors (Lipinski definition) is 6. The fraction of sp³-hybridized carbons (Fsp3) is 0.350. The summed E-state index contributed by atoms with van der Waals surface area (Å²) in [7, 11) is 0. The van der Waals surface area contributed by atoms with E-state index in [0.717, 1.165) is 29.3 Å². The summed E-state index contributed by atoms with van der Waals surface area (Å²) in [6.45, 7) is 1.97. The summed E-state index contributed by atoms with van der Waals surface area (Å²) in [5.41, 5.74) is 1.14. The van der Waals surface area contributed by atoms with Crippen LogP contribution in [0.3, 0.4) is 0 Å². The maximum absolute atomic E-state index is 12.4. The molecule has 29 heavy (non-hydrogen) atoms. The summed E-state index contributed by atoms with van der Waals surface area (Å²) in [5.74, 6) is 1.79. The first-order valence-electron chi connectivity index (χ1n) is 9.55. The number of thioether (sulfide) groups is 1. The molecule has 1 aliphatic heterocycles. The summed E-state index contributed by atoms with van der Waals surface area (Å²) in [4.78, 5) is 31.0. The van der Waals surface area contributed by atoms with Crippen LogP contribution in [0, 0.1) is 5.92 Å². The quantitative estimate of drug-likeness (QED) is 0.599. The number of aromatic amines is 1. The van der Waals surface area contributed by atoms with Crippen LogP contribution in [0.25, 0.3) is 0 Å². The van der Waals surface area contributed by atoms with Crippen molar-refractivity contribution in [2.24, 2.45) is 5.92 Å². The first kappa shape index (κ1) is 19.4. The highest BCUT2D eigenvalue weighted by Gasteiger charge is 2.24. The van der Waals surface area contributed by atoms with Crippen LogP contribution in [-0.4, -0.2) is 50.4 Å². The molecule has 152 valence electrons. The van der Waals surface area contributed by atoms with Crippen LogP contribution in [0.4, 0.5) is 4.79 Å². The van der Waals surface area contributed by atoms with Crippen molar-refractivity contribution in [1.82, 2.24) is 24.6 Å². The molecule has 9 heteroatoms. The Hall–Kier alpha value is -2.94. The second kappa shape index (κ2) is 9.51. The normalized spacial score (nSPS) is 14.7. The Bertz CT molecular complexity index is 876. The van der Waals surface area contributed by atoms with E-state index in [4.69, 9.17) is 9.57 Å². The first-order chi connectivity index (χ1) is 14.3. The Morgan fingerprint density at radius 2 is 2.03 bits per heavy atom. The Balaban J connectivity index is 1.19. The largest absolute Gasteiger partial charge is 0.415 e. The summed E-state index contributed by atoms with van der Waals surface area (Å²) >= 11 is 1.63. The fourth-order valence-corrected chi connectivity index (χ4v) is 3.88. The Morgan fingerprint density at radius 1 is 1.21 bits per heavy atom. The number of carbonyl (C=O) groups excluding carboxylic acids is 1. The lowest BCUT2D eigenvalue weighted by Crippen LogP contribution is -2.41. The molecule has 1 aliphatic rings. The highest BCUT2D eigenvalue weighted by atomic mass is 32.2. The van der Waals surface area contributed by atoms with Crippen molar-refractivity contribution in [3.8, 4) is 5.75 Å². The highest BCUT2D eigenvalue weighted by Crippen LogP contribution is 2.22. The van der Waals surface area contributed by atoms with Gasteiger partial charge in [-0.25, -0.2) is 14.8 Å². The molecule has 0 atom stereocenters. The van der Waals surface area contributed by atoms with Gasteiger partial charge in [0.05, 0.1) is 6.20 Å². The molecule has 1 amide bonds. The van der Waals surface area contributed by atoms with Crippen LogP contribution < -0.4 is 9.57 Å². The summed E-state index contributed by atoms with van der Waals surface area (Å²) in [5, 5.41) is 0.888. The van der Waals surface area contributed by atoms with Gasteiger partial charge in [-0.3, -0.25) is 0 Å².